The maximum Gasteiger partial charge on any atom is 0.224 e. The van der Waals surface area contributed by atoms with Gasteiger partial charge < -0.3 is 5.32 Å². The molecule has 0 spiro atoms. The van der Waals surface area contributed by atoms with Gasteiger partial charge in [-0.1, -0.05) is 6.07 Å². The molecule has 3 nitrogen and oxygen atoms in total. The Morgan fingerprint density at radius 2 is 2.28 bits per heavy atom. The molecule has 1 aliphatic rings. The van der Waals surface area contributed by atoms with Gasteiger partial charge in [-0.25, -0.2) is 4.39 Å². The lowest BCUT2D eigenvalue weighted by Gasteiger charge is -2.32. The minimum Gasteiger partial charge on any atom is -0.326 e. The average Bonchev–Trinajstić information content (AvgIpc) is 3.09. The molecule has 1 saturated heterocycles. The van der Waals surface area contributed by atoms with E-state index in [4.69, 9.17) is 0 Å². The molecule has 25 heavy (non-hydrogen) atoms. The molecule has 0 bridgehead atoms. The number of halogens is 1. The van der Waals surface area contributed by atoms with Gasteiger partial charge in [-0.2, -0.15) is 0 Å². The van der Waals surface area contributed by atoms with E-state index in [-0.39, 0.29) is 11.7 Å². The molecule has 5 heteroatoms. The molecule has 0 radical (unpaired) electrons. The van der Waals surface area contributed by atoms with E-state index >= 15 is 0 Å². The van der Waals surface area contributed by atoms with Gasteiger partial charge in [0.2, 0.25) is 5.91 Å². The van der Waals surface area contributed by atoms with Crippen molar-refractivity contribution in [2.24, 2.45) is 5.92 Å². The molecule has 1 N–H and O–H groups in total. The summed E-state index contributed by atoms with van der Waals surface area (Å²) >= 11 is 1.81. The summed E-state index contributed by atoms with van der Waals surface area (Å²) in [6.45, 7) is 5.05. The van der Waals surface area contributed by atoms with Crippen molar-refractivity contribution < 1.29 is 9.18 Å². The number of nitrogens with one attached hydrogen (secondary N) is 1. The number of thiophene rings is 1. The largest absolute Gasteiger partial charge is 0.326 e. The van der Waals surface area contributed by atoms with E-state index in [0.717, 1.165) is 31.6 Å². The van der Waals surface area contributed by atoms with Gasteiger partial charge in [0.15, 0.2) is 0 Å². The predicted octanol–water partition coefficient (Wildman–Crippen LogP) is 4.83. The first-order valence-electron chi connectivity index (χ1n) is 8.91. The van der Waals surface area contributed by atoms with Gasteiger partial charge in [0.25, 0.3) is 0 Å². The van der Waals surface area contributed by atoms with Crippen molar-refractivity contribution in [3.8, 4) is 0 Å². The van der Waals surface area contributed by atoms with Crippen LogP contribution in [0.4, 0.5) is 10.1 Å². The molecular weight excluding hydrogens is 335 g/mol. The molecule has 0 saturated carbocycles. The van der Waals surface area contributed by atoms with Crippen LogP contribution in [0, 0.1) is 18.7 Å². The van der Waals surface area contributed by atoms with E-state index in [1.54, 1.807) is 6.07 Å². The fourth-order valence-electron chi connectivity index (χ4n) is 3.47. The van der Waals surface area contributed by atoms with E-state index in [0.29, 0.717) is 18.0 Å². The number of carbonyl (C=O) groups is 1. The van der Waals surface area contributed by atoms with Crippen LogP contribution in [0.25, 0.3) is 0 Å². The number of piperidine rings is 1. The molecule has 1 aromatic heterocycles. The molecular formula is C20H25FN2OS. The zero-order chi connectivity index (χ0) is 17.6. The van der Waals surface area contributed by atoms with Crippen LogP contribution in [0.5, 0.6) is 0 Å². The third-order valence-electron chi connectivity index (χ3n) is 4.80. The number of hydrogen-bond acceptors (Lipinski definition) is 3. The Kier molecular flexibility index (Phi) is 6.21. The van der Waals surface area contributed by atoms with Crippen LogP contribution in [0.2, 0.25) is 0 Å². The monoisotopic (exact) mass is 360 g/mol. The summed E-state index contributed by atoms with van der Waals surface area (Å²) in [6.07, 6.45) is 3.83. The van der Waals surface area contributed by atoms with Gasteiger partial charge in [0, 0.05) is 30.1 Å². The third kappa shape index (κ3) is 5.38. The zero-order valence-electron chi connectivity index (χ0n) is 14.6. The minimum atomic E-state index is -0.275. The van der Waals surface area contributed by atoms with E-state index in [2.05, 4.69) is 27.7 Å². The number of nitrogens with zero attached hydrogens (tertiary/aromatic N) is 1. The number of amides is 1. The highest BCUT2D eigenvalue weighted by atomic mass is 32.1. The Morgan fingerprint density at radius 1 is 1.40 bits per heavy atom. The Hall–Kier alpha value is -1.72. The van der Waals surface area contributed by atoms with Crippen LogP contribution in [-0.4, -0.2) is 23.9 Å². The highest BCUT2D eigenvalue weighted by Crippen LogP contribution is 2.24. The summed E-state index contributed by atoms with van der Waals surface area (Å²) < 4.78 is 13.1. The quantitative estimate of drug-likeness (QED) is 0.800. The number of rotatable bonds is 6. The number of hydrogen-bond donors (Lipinski definition) is 1. The molecule has 1 atom stereocenters. The van der Waals surface area contributed by atoms with Crippen molar-refractivity contribution in [3.05, 3.63) is 52.0 Å². The lowest BCUT2D eigenvalue weighted by Crippen LogP contribution is -2.35. The maximum absolute atomic E-state index is 13.1. The minimum absolute atomic E-state index is 0.0186. The predicted molar refractivity (Wildman–Crippen MR) is 101 cm³/mol. The van der Waals surface area contributed by atoms with Crippen LogP contribution in [0.15, 0.2) is 35.7 Å². The summed E-state index contributed by atoms with van der Waals surface area (Å²) in [5, 5.41) is 5.03. The topological polar surface area (TPSA) is 32.3 Å². The van der Waals surface area contributed by atoms with Gasteiger partial charge in [0.1, 0.15) is 5.82 Å². The molecule has 1 aromatic carbocycles. The summed E-state index contributed by atoms with van der Waals surface area (Å²) in [5.74, 6) is 0.322. The summed E-state index contributed by atoms with van der Waals surface area (Å²) in [6, 6.07) is 8.74. The summed E-state index contributed by atoms with van der Waals surface area (Å²) in [7, 11) is 0. The molecule has 3 rings (SSSR count). The highest BCUT2D eigenvalue weighted by molar-refractivity contribution is 7.09. The first kappa shape index (κ1) is 18.1. The number of carbonyl (C=O) groups excluding carboxylic acids is 1. The number of benzene rings is 1. The van der Waals surface area contributed by atoms with Crippen LogP contribution in [-0.2, 0) is 11.3 Å². The Morgan fingerprint density at radius 3 is 3.04 bits per heavy atom. The van der Waals surface area contributed by atoms with Crippen molar-refractivity contribution in [2.45, 2.75) is 39.2 Å². The van der Waals surface area contributed by atoms with Crippen molar-refractivity contribution in [2.75, 3.05) is 18.4 Å². The standard InChI is InChI=1S/C20H25FN2OS/c1-15-12-17(21)7-8-19(15)22-20(24)9-6-16-4-2-10-23(13-16)14-18-5-3-11-25-18/h3,5,7-8,11-12,16H,2,4,6,9-10,13-14H2,1H3,(H,22,24)/t16-/m0/s1. The first-order valence-corrected chi connectivity index (χ1v) is 9.79. The second kappa shape index (κ2) is 8.59. The maximum atomic E-state index is 13.1. The van der Waals surface area contributed by atoms with Crippen LogP contribution >= 0.6 is 11.3 Å². The van der Waals surface area contributed by atoms with Gasteiger partial charge in [-0.15, -0.1) is 11.3 Å². The van der Waals surface area contributed by atoms with Crippen molar-refractivity contribution in [1.29, 1.82) is 0 Å². The van der Waals surface area contributed by atoms with Crippen LogP contribution in [0.3, 0.4) is 0 Å². The van der Waals surface area contributed by atoms with Crippen LogP contribution < -0.4 is 5.32 Å². The second-order valence-corrected chi connectivity index (χ2v) is 7.90. The van der Waals surface area contributed by atoms with Crippen molar-refractivity contribution in [3.63, 3.8) is 0 Å². The fourth-order valence-corrected chi connectivity index (χ4v) is 4.21. The number of likely N-dealkylation sites (tertiary alicyclic amines) is 1. The van der Waals surface area contributed by atoms with Crippen molar-refractivity contribution >= 4 is 22.9 Å². The average molecular weight is 360 g/mol. The Labute approximate surface area is 152 Å². The van der Waals surface area contributed by atoms with Crippen molar-refractivity contribution in [1.82, 2.24) is 4.90 Å². The molecule has 1 aliphatic heterocycles. The van der Waals surface area contributed by atoms with Gasteiger partial charge in [0.05, 0.1) is 0 Å². The third-order valence-corrected chi connectivity index (χ3v) is 5.67. The second-order valence-electron chi connectivity index (χ2n) is 6.87. The summed E-state index contributed by atoms with van der Waals surface area (Å²) in [5.41, 5.74) is 1.46. The zero-order valence-corrected chi connectivity index (χ0v) is 15.4. The smallest absolute Gasteiger partial charge is 0.224 e. The van der Waals surface area contributed by atoms with Gasteiger partial charge in [-0.05, 0) is 73.9 Å². The van der Waals surface area contributed by atoms with Crippen LogP contribution in [0.1, 0.15) is 36.1 Å². The molecule has 0 aliphatic carbocycles. The normalized spacial score (nSPS) is 18.2. The lowest BCUT2D eigenvalue weighted by atomic mass is 9.93. The molecule has 1 fully saturated rings. The number of anilines is 1. The Balaban J connectivity index is 1.45. The molecule has 2 heterocycles. The number of aryl methyl sites for hydroxylation is 1. The lowest BCUT2D eigenvalue weighted by molar-refractivity contribution is -0.116. The molecule has 2 aromatic rings. The SMILES string of the molecule is Cc1cc(F)ccc1NC(=O)CC[C@@H]1CCCN(Cc2cccs2)C1. The van der Waals surface area contributed by atoms with E-state index in [1.807, 2.05) is 18.3 Å². The molecule has 0 unspecified atom stereocenters. The van der Waals surface area contributed by atoms with E-state index in [9.17, 15) is 9.18 Å². The van der Waals surface area contributed by atoms with E-state index in [1.165, 1.54) is 29.9 Å². The first-order chi connectivity index (χ1) is 12.1. The van der Waals surface area contributed by atoms with Gasteiger partial charge in [-0.3, -0.25) is 9.69 Å². The van der Waals surface area contributed by atoms with Gasteiger partial charge >= 0.3 is 0 Å². The molecule has 1 amide bonds. The highest BCUT2D eigenvalue weighted by Gasteiger charge is 2.21. The summed E-state index contributed by atoms with van der Waals surface area (Å²) in [4.78, 5) is 16.1. The fraction of sp³-hybridized carbons (Fsp3) is 0.450. The van der Waals surface area contributed by atoms with E-state index < -0.39 is 0 Å². The Bertz CT molecular complexity index is 702. The molecule has 134 valence electrons.